The normalized spacial score (nSPS) is 10.9. The van der Waals surface area contributed by atoms with Crippen molar-refractivity contribution in [1.29, 1.82) is 0 Å². The minimum atomic E-state index is 0.844. The standard InChI is InChI=1S/C14H12BrN3/c15-12-5-4-11-10-17-18(14(11)9-12)8-6-13-3-1-2-7-16-13/h1-5,7,9-10H,6,8H2. The summed E-state index contributed by atoms with van der Waals surface area (Å²) in [4.78, 5) is 4.33. The maximum Gasteiger partial charge on any atom is 0.0693 e. The third kappa shape index (κ3) is 2.29. The molecule has 0 N–H and O–H groups in total. The molecule has 0 aliphatic rings. The van der Waals surface area contributed by atoms with Crippen LogP contribution in [0.4, 0.5) is 0 Å². The number of fused-ring (bicyclic) bond motifs is 1. The number of rotatable bonds is 3. The first-order valence-corrected chi connectivity index (χ1v) is 6.63. The quantitative estimate of drug-likeness (QED) is 0.742. The molecule has 3 rings (SSSR count). The van der Waals surface area contributed by atoms with Crippen LogP contribution in [0.15, 0.2) is 53.3 Å². The minimum Gasteiger partial charge on any atom is -0.264 e. The van der Waals surface area contributed by atoms with Gasteiger partial charge < -0.3 is 0 Å². The molecule has 3 aromatic rings. The SMILES string of the molecule is Brc1ccc2cnn(CCc3ccccn3)c2c1. The number of nitrogens with zero attached hydrogens (tertiary/aromatic N) is 3. The van der Waals surface area contributed by atoms with Gasteiger partial charge in [0.1, 0.15) is 0 Å². The lowest BCUT2D eigenvalue weighted by Crippen LogP contribution is -2.03. The van der Waals surface area contributed by atoms with E-state index in [-0.39, 0.29) is 0 Å². The van der Waals surface area contributed by atoms with Gasteiger partial charge in [-0.05, 0) is 24.3 Å². The molecule has 1 aromatic carbocycles. The zero-order valence-corrected chi connectivity index (χ0v) is 11.3. The molecule has 0 aliphatic carbocycles. The smallest absolute Gasteiger partial charge is 0.0693 e. The summed E-state index contributed by atoms with van der Waals surface area (Å²) in [5.41, 5.74) is 2.25. The van der Waals surface area contributed by atoms with Crippen molar-refractivity contribution < 1.29 is 0 Å². The summed E-state index contributed by atoms with van der Waals surface area (Å²) in [7, 11) is 0. The number of hydrogen-bond acceptors (Lipinski definition) is 2. The summed E-state index contributed by atoms with van der Waals surface area (Å²) >= 11 is 3.49. The topological polar surface area (TPSA) is 30.7 Å². The summed E-state index contributed by atoms with van der Waals surface area (Å²) in [5, 5.41) is 5.59. The molecule has 18 heavy (non-hydrogen) atoms. The van der Waals surface area contributed by atoms with Crippen molar-refractivity contribution in [3.63, 3.8) is 0 Å². The molecule has 0 unspecified atom stereocenters. The highest BCUT2D eigenvalue weighted by Gasteiger charge is 2.03. The number of halogens is 1. The van der Waals surface area contributed by atoms with Crippen LogP contribution in [-0.2, 0) is 13.0 Å². The van der Waals surface area contributed by atoms with Gasteiger partial charge in [-0.3, -0.25) is 9.67 Å². The Morgan fingerprint density at radius 2 is 2.11 bits per heavy atom. The summed E-state index contributed by atoms with van der Waals surface area (Å²) < 4.78 is 3.10. The fraction of sp³-hybridized carbons (Fsp3) is 0.143. The molecule has 0 saturated heterocycles. The predicted molar refractivity (Wildman–Crippen MR) is 75.4 cm³/mol. The molecule has 0 bridgehead atoms. The first kappa shape index (κ1) is 11.4. The van der Waals surface area contributed by atoms with Gasteiger partial charge in [-0.2, -0.15) is 5.10 Å². The third-order valence-corrected chi connectivity index (χ3v) is 3.41. The largest absolute Gasteiger partial charge is 0.264 e. The van der Waals surface area contributed by atoms with Crippen LogP contribution in [-0.4, -0.2) is 14.8 Å². The first-order chi connectivity index (χ1) is 8.83. The van der Waals surface area contributed by atoms with Gasteiger partial charge in [0, 0.05) is 34.7 Å². The Kier molecular flexibility index (Phi) is 3.11. The second kappa shape index (κ2) is 4.90. The van der Waals surface area contributed by atoms with Crippen LogP contribution in [0.2, 0.25) is 0 Å². The van der Waals surface area contributed by atoms with Gasteiger partial charge in [-0.25, -0.2) is 0 Å². The Morgan fingerprint density at radius 3 is 2.94 bits per heavy atom. The van der Waals surface area contributed by atoms with Gasteiger partial charge in [0.05, 0.1) is 11.7 Å². The minimum absolute atomic E-state index is 0.844. The average molecular weight is 302 g/mol. The highest BCUT2D eigenvalue weighted by Crippen LogP contribution is 2.19. The van der Waals surface area contributed by atoms with Gasteiger partial charge in [0.2, 0.25) is 0 Å². The zero-order valence-electron chi connectivity index (χ0n) is 9.75. The maximum atomic E-state index is 4.42. The fourth-order valence-corrected chi connectivity index (χ4v) is 2.34. The Morgan fingerprint density at radius 1 is 1.17 bits per heavy atom. The van der Waals surface area contributed by atoms with Gasteiger partial charge in [0.25, 0.3) is 0 Å². The monoisotopic (exact) mass is 301 g/mol. The molecule has 0 atom stereocenters. The molecule has 2 aromatic heterocycles. The van der Waals surface area contributed by atoms with Crippen molar-refractivity contribution in [3.05, 3.63) is 59.0 Å². The Bertz CT molecular complexity index is 661. The van der Waals surface area contributed by atoms with E-state index < -0.39 is 0 Å². The summed E-state index contributed by atoms with van der Waals surface area (Å²) in [6.45, 7) is 0.844. The molecule has 0 saturated carbocycles. The molecular formula is C14H12BrN3. The van der Waals surface area contributed by atoms with Crippen molar-refractivity contribution in [1.82, 2.24) is 14.8 Å². The van der Waals surface area contributed by atoms with Gasteiger partial charge in [-0.15, -0.1) is 0 Å². The van der Waals surface area contributed by atoms with Gasteiger partial charge in [-0.1, -0.05) is 28.1 Å². The maximum absolute atomic E-state index is 4.42. The van der Waals surface area contributed by atoms with E-state index in [1.807, 2.05) is 41.3 Å². The number of hydrogen-bond donors (Lipinski definition) is 0. The van der Waals surface area contributed by atoms with Crippen LogP contribution >= 0.6 is 15.9 Å². The van der Waals surface area contributed by atoms with Gasteiger partial charge >= 0.3 is 0 Å². The number of aromatic nitrogens is 3. The highest BCUT2D eigenvalue weighted by molar-refractivity contribution is 9.10. The molecule has 0 amide bonds. The lowest BCUT2D eigenvalue weighted by molar-refractivity contribution is 0.628. The van der Waals surface area contributed by atoms with E-state index in [1.165, 1.54) is 5.39 Å². The molecule has 90 valence electrons. The van der Waals surface area contributed by atoms with Crippen LogP contribution in [0, 0.1) is 0 Å². The molecule has 4 heteroatoms. The van der Waals surface area contributed by atoms with Crippen molar-refractivity contribution in [2.45, 2.75) is 13.0 Å². The molecule has 0 fully saturated rings. The van der Waals surface area contributed by atoms with Crippen molar-refractivity contribution in [3.8, 4) is 0 Å². The number of benzene rings is 1. The number of pyridine rings is 1. The Hall–Kier alpha value is -1.68. The Labute approximate surface area is 114 Å². The lowest BCUT2D eigenvalue weighted by Gasteiger charge is -2.03. The van der Waals surface area contributed by atoms with E-state index in [1.54, 1.807) is 0 Å². The van der Waals surface area contributed by atoms with Crippen molar-refractivity contribution in [2.24, 2.45) is 0 Å². The van der Waals surface area contributed by atoms with Crippen LogP contribution in [0.1, 0.15) is 5.69 Å². The van der Waals surface area contributed by atoms with Crippen molar-refractivity contribution >= 4 is 26.8 Å². The van der Waals surface area contributed by atoms with Crippen LogP contribution in [0.25, 0.3) is 10.9 Å². The molecule has 0 aliphatic heterocycles. The lowest BCUT2D eigenvalue weighted by atomic mass is 10.2. The van der Waals surface area contributed by atoms with E-state index in [2.05, 4.69) is 38.1 Å². The van der Waals surface area contributed by atoms with E-state index in [4.69, 9.17) is 0 Å². The summed E-state index contributed by atoms with van der Waals surface area (Å²) in [6, 6.07) is 12.2. The van der Waals surface area contributed by atoms with Crippen LogP contribution < -0.4 is 0 Å². The molecule has 2 heterocycles. The summed E-state index contributed by atoms with van der Waals surface area (Å²) in [6.07, 6.45) is 4.62. The van der Waals surface area contributed by atoms with Gasteiger partial charge in [0.15, 0.2) is 0 Å². The zero-order chi connectivity index (χ0) is 12.4. The summed E-state index contributed by atoms with van der Waals surface area (Å²) in [5.74, 6) is 0. The second-order valence-electron chi connectivity index (χ2n) is 4.14. The fourth-order valence-electron chi connectivity index (χ4n) is 1.99. The van der Waals surface area contributed by atoms with Crippen LogP contribution in [0.3, 0.4) is 0 Å². The average Bonchev–Trinajstić information content (AvgIpc) is 2.80. The van der Waals surface area contributed by atoms with E-state index >= 15 is 0 Å². The molecule has 0 radical (unpaired) electrons. The van der Waals surface area contributed by atoms with E-state index in [0.717, 1.165) is 28.6 Å². The third-order valence-electron chi connectivity index (χ3n) is 2.91. The van der Waals surface area contributed by atoms with Crippen LogP contribution in [0.5, 0.6) is 0 Å². The molecule has 0 spiro atoms. The number of aryl methyl sites for hydroxylation is 2. The van der Waals surface area contributed by atoms with E-state index in [9.17, 15) is 0 Å². The highest BCUT2D eigenvalue weighted by atomic mass is 79.9. The first-order valence-electron chi connectivity index (χ1n) is 5.84. The second-order valence-corrected chi connectivity index (χ2v) is 5.06. The van der Waals surface area contributed by atoms with E-state index in [0.29, 0.717) is 0 Å². The molecule has 3 nitrogen and oxygen atoms in total. The Balaban J connectivity index is 1.85. The van der Waals surface area contributed by atoms with Crippen molar-refractivity contribution in [2.75, 3.05) is 0 Å². The molecular weight excluding hydrogens is 290 g/mol. The predicted octanol–water partition coefficient (Wildman–Crippen LogP) is 3.44.